The minimum atomic E-state index is -3.70. The summed E-state index contributed by atoms with van der Waals surface area (Å²) in [5.41, 5.74) is 0.707. The van der Waals surface area contributed by atoms with Crippen LogP contribution >= 0.6 is 47.8 Å². The summed E-state index contributed by atoms with van der Waals surface area (Å²) in [6.07, 6.45) is 0. The van der Waals surface area contributed by atoms with Gasteiger partial charge in [-0.1, -0.05) is 15.9 Å². The van der Waals surface area contributed by atoms with E-state index in [1.165, 1.54) is 6.07 Å². The summed E-state index contributed by atoms with van der Waals surface area (Å²) in [4.78, 5) is 4.32. The van der Waals surface area contributed by atoms with Crippen molar-refractivity contribution >= 4 is 63.6 Å². The third-order valence-electron chi connectivity index (χ3n) is 2.44. The van der Waals surface area contributed by atoms with Crippen LogP contribution in [0.25, 0.3) is 0 Å². The molecule has 0 aliphatic rings. The van der Waals surface area contributed by atoms with E-state index in [4.69, 9.17) is 0 Å². The van der Waals surface area contributed by atoms with Gasteiger partial charge in [-0.05, 0) is 69.1 Å². The number of rotatable bonds is 3. The maximum atomic E-state index is 12.4. The number of sulfonamides is 1. The average Bonchev–Trinajstić information content (AvgIpc) is 2.36. The first-order valence-corrected chi connectivity index (χ1v) is 9.27. The van der Waals surface area contributed by atoms with Crippen molar-refractivity contribution < 1.29 is 8.42 Å². The van der Waals surface area contributed by atoms with Gasteiger partial charge in [-0.25, -0.2) is 13.4 Å². The molecule has 2 rings (SSSR count). The number of aryl methyl sites for hydroxylation is 1. The van der Waals surface area contributed by atoms with E-state index in [-0.39, 0.29) is 10.7 Å². The molecular weight excluding hydrogens is 476 g/mol. The van der Waals surface area contributed by atoms with Gasteiger partial charge in [0, 0.05) is 13.4 Å². The zero-order valence-corrected chi connectivity index (χ0v) is 15.8. The van der Waals surface area contributed by atoms with Crippen molar-refractivity contribution in [3.63, 3.8) is 0 Å². The van der Waals surface area contributed by atoms with Crippen molar-refractivity contribution in [2.75, 3.05) is 4.72 Å². The number of pyridine rings is 1. The monoisotopic (exact) mass is 482 g/mol. The molecule has 4 nitrogen and oxygen atoms in total. The number of hydrogen-bond acceptors (Lipinski definition) is 3. The van der Waals surface area contributed by atoms with E-state index >= 15 is 0 Å². The summed E-state index contributed by atoms with van der Waals surface area (Å²) in [6.45, 7) is 1.79. The molecule has 0 saturated heterocycles. The molecule has 8 heteroatoms. The number of nitrogens with one attached hydrogen (secondary N) is 1. The second kappa shape index (κ2) is 6.13. The van der Waals surface area contributed by atoms with Crippen LogP contribution in [0, 0.1) is 6.92 Å². The highest BCUT2D eigenvalue weighted by Gasteiger charge is 2.19. The van der Waals surface area contributed by atoms with E-state index < -0.39 is 10.0 Å². The highest BCUT2D eigenvalue weighted by molar-refractivity contribution is 9.11. The van der Waals surface area contributed by atoms with E-state index in [1.807, 2.05) is 0 Å². The molecule has 1 aromatic heterocycles. The largest absolute Gasteiger partial charge is 0.264 e. The molecule has 0 amide bonds. The fourth-order valence-corrected chi connectivity index (χ4v) is 4.20. The first-order chi connectivity index (χ1) is 9.29. The van der Waals surface area contributed by atoms with Gasteiger partial charge in [0.25, 0.3) is 10.0 Å². The molecule has 0 atom stereocenters. The van der Waals surface area contributed by atoms with Gasteiger partial charge in [0.15, 0.2) is 0 Å². The molecule has 0 saturated carbocycles. The van der Waals surface area contributed by atoms with Crippen LogP contribution in [0.15, 0.2) is 48.6 Å². The van der Waals surface area contributed by atoms with Gasteiger partial charge in [0.1, 0.15) is 10.7 Å². The summed E-state index contributed by atoms with van der Waals surface area (Å²) < 4.78 is 29.2. The Labute approximate surface area is 142 Å². The second-order valence-electron chi connectivity index (χ2n) is 3.94. The van der Waals surface area contributed by atoms with Crippen LogP contribution in [0.1, 0.15) is 5.69 Å². The zero-order chi connectivity index (χ0) is 14.9. The summed E-state index contributed by atoms with van der Waals surface area (Å²) in [5, 5.41) is 0. The van der Waals surface area contributed by atoms with E-state index in [9.17, 15) is 8.42 Å². The minimum Gasteiger partial charge on any atom is -0.263 e. The van der Waals surface area contributed by atoms with Gasteiger partial charge in [0.05, 0.1) is 5.69 Å². The summed E-state index contributed by atoms with van der Waals surface area (Å²) >= 11 is 9.82. The molecule has 0 spiro atoms. The van der Waals surface area contributed by atoms with E-state index in [2.05, 4.69) is 57.5 Å². The van der Waals surface area contributed by atoms with Gasteiger partial charge in [-0.3, -0.25) is 4.72 Å². The fourth-order valence-electron chi connectivity index (χ4n) is 1.48. The lowest BCUT2D eigenvalue weighted by Crippen LogP contribution is -2.14. The van der Waals surface area contributed by atoms with Crippen LogP contribution in [-0.2, 0) is 10.0 Å². The van der Waals surface area contributed by atoms with Gasteiger partial charge in [-0.15, -0.1) is 0 Å². The van der Waals surface area contributed by atoms with Gasteiger partial charge < -0.3 is 0 Å². The van der Waals surface area contributed by atoms with Crippen molar-refractivity contribution in [1.82, 2.24) is 4.98 Å². The summed E-state index contributed by atoms with van der Waals surface area (Å²) in [6, 6.07) is 8.29. The third-order valence-corrected chi connectivity index (χ3v) is 6.12. The summed E-state index contributed by atoms with van der Waals surface area (Å²) in [7, 11) is -3.70. The Morgan fingerprint density at radius 1 is 1.05 bits per heavy atom. The first-order valence-electron chi connectivity index (χ1n) is 5.40. The first kappa shape index (κ1) is 15.9. The molecular formula is C12H9Br3N2O2S. The van der Waals surface area contributed by atoms with Gasteiger partial charge in [0.2, 0.25) is 0 Å². The number of halogens is 3. The van der Waals surface area contributed by atoms with Crippen molar-refractivity contribution in [2.24, 2.45) is 0 Å². The lowest BCUT2D eigenvalue weighted by Gasteiger charge is -2.10. The molecule has 1 heterocycles. The SMILES string of the molecule is Cc1nc(NS(=O)(=O)c2cc(Br)ccc2Br)ccc1Br. The Balaban J connectivity index is 2.40. The Hall–Kier alpha value is -0.440. The Bertz CT molecular complexity index is 763. The van der Waals surface area contributed by atoms with E-state index in [1.54, 1.807) is 31.2 Å². The van der Waals surface area contributed by atoms with E-state index in [0.717, 1.165) is 4.47 Å². The molecule has 0 fully saturated rings. The predicted octanol–water partition coefficient (Wildman–Crippen LogP) is 4.48. The maximum Gasteiger partial charge on any atom is 0.264 e. The number of benzene rings is 1. The van der Waals surface area contributed by atoms with Crippen LogP contribution in [0.3, 0.4) is 0 Å². The Morgan fingerprint density at radius 2 is 1.70 bits per heavy atom. The second-order valence-corrected chi connectivity index (χ2v) is 8.22. The molecule has 20 heavy (non-hydrogen) atoms. The van der Waals surface area contributed by atoms with Crippen molar-refractivity contribution in [2.45, 2.75) is 11.8 Å². The Morgan fingerprint density at radius 3 is 2.35 bits per heavy atom. The van der Waals surface area contributed by atoms with Crippen LogP contribution in [0.4, 0.5) is 5.82 Å². The van der Waals surface area contributed by atoms with Crippen LogP contribution in [0.5, 0.6) is 0 Å². The molecule has 0 bridgehead atoms. The van der Waals surface area contributed by atoms with Crippen LogP contribution < -0.4 is 4.72 Å². The summed E-state index contributed by atoms with van der Waals surface area (Å²) in [5.74, 6) is 0.276. The topological polar surface area (TPSA) is 59.1 Å². The fraction of sp³-hybridized carbons (Fsp3) is 0.0833. The lowest BCUT2D eigenvalue weighted by atomic mass is 10.4. The molecule has 0 radical (unpaired) electrons. The highest BCUT2D eigenvalue weighted by atomic mass is 79.9. The maximum absolute atomic E-state index is 12.4. The van der Waals surface area contributed by atoms with Crippen molar-refractivity contribution in [3.8, 4) is 0 Å². The third kappa shape index (κ3) is 3.60. The molecule has 0 aliphatic heterocycles. The molecule has 0 unspecified atom stereocenters. The van der Waals surface area contributed by atoms with Crippen molar-refractivity contribution in [1.29, 1.82) is 0 Å². The lowest BCUT2D eigenvalue weighted by molar-refractivity contribution is 0.600. The predicted molar refractivity (Wildman–Crippen MR) is 89.3 cm³/mol. The van der Waals surface area contributed by atoms with Gasteiger partial charge >= 0.3 is 0 Å². The molecule has 1 N–H and O–H groups in total. The Kier molecular flexibility index (Phi) is 4.88. The average molecular weight is 485 g/mol. The number of nitrogens with zero attached hydrogens (tertiary/aromatic N) is 1. The zero-order valence-electron chi connectivity index (χ0n) is 10.2. The van der Waals surface area contributed by atoms with Crippen LogP contribution in [-0.4, -0.2) is 13.4 Å². The normalized spacial score (nSPS) is 11.4. The molecule has 106 valence electrons. The number of aromatic nitrogens is 1. The molecule has 2 aromatic rings. The molecule has 0 aliphatic carbocycles. The standard InChI is InChI=1S/C12H9Br3N2O2S/c1-7-9(14)4-5-12(16-7)17-20(18,19)11-6-8(13)2-3-10(11)15/h2-6H,1H3,(H,16,17). The quantitative estimate of drug-likeness (QED) is 0.699. The minimum absolute atomic E-state index is 0.147. The number of hydrogen-bond donors (Lipinski definition) is 1. The van der Waals surface area contributed by atoms with Gasteiger partial charge in [-0.2, -0.15) is 0 Å². The van der Waals surface area contributed by atoms with Crippen molar-refractivity contribution in [3.05, 3.63) is 49.4 Å². The smallest absolute Gasteiger partial charge is 0.263 e. The van der Waals surface area contributed by atoms with Crippen LogP contribution in [0.2, 0.25) is 0 Å². The number of anilines is 1. The highest BCUT2D eigenvalue weighted by Crippen LogP contribution is 2.27. The van der Waals surface area contributed by atoms with E-state index in [0.29, 0.717) is 14.6 Å². The molecule has 1 aromatic carbocycles.